The summed E-state index contributed by atoms with van der Waals surface area (Å²) in [6.07, 6.45) is 4.28. The first-order valence-corrected chi connectivity index (χ1v) is 6.96. The number of rotatable bonds is 9. The molecule has 0 fully saturated rings. The van der Waals surface area contributed by atoms with Crippen molar-refractivity contribution < 1.29 is 14.3 Å². The zero-order valence-corrected chi connectivity index (χ0v) is 12.2. The van der Waals surface area contributed by atoms with Gasteiger partial charge < -0.3 is 9.64 Å². The molecule has 18 heavy (non-hydrogen) atoms. The van der Waals surface area contributed by atoms with Gasteiger partial charge in [0, 0.05) is 19.0 Å². The number of methoxy groups -OCH3 is 1. The van der Waals surface area contributed by atoms with Gasteiger partial charge >= 0.3 is 5.97 Å². The molecule has 0 aromatic carbocycles. The number of hydrogen-bond acceptors (Lipinski definition) is 3. The van der Waals surface area contributed by atoms with E-state index in [1.165, 1.54) is 7.11 Å². The van der Waals surface area contributed by atoms with E-state index in [0.29, 0.717) is 13.1 Å². The molecule has 0 spiro atoms. The van der Waals surface area contributed by atoms with Crippen molar-refractivity contribution in [2.45, 2.75) is 52.9 Å². The number of carbonyl (C=O) groups excluding carboxylic acids is 2. The Balaban J connectivity index is 4.33. The number of hydrogen-bond donors (Lipinski definition) is 0. The van der Waals surface area contributed by atoms with Crippen LogP contribution in [0.4, 0.5) is 0 Å². The summed E-state index contributed by atoms with van der Waals surface area (Å²) in [5.74, 6) is 0.0164. The van der Waals surface area contributed by atoms with Crippen molar-refractivity contribution in [1.82, 2.24) is 4.90 Å². The van der Waals surface area contributed by atoms with E-state index < -0.39 is 0 Å². The minimum atomic E-state index is -0.261. The van der Waals surface area contributed by atoms with Crippen LogP contribution in [-0.4, -0.2) is 37.0 Å². The monoisotopic (exact) mass is 257 g/mol. The van der Waals surface area contributed by atoms with Crippen LogP contribution in [0.5, 0.6) is 0 Å². The highest BCUT2D eigenvalue weighted by Crippen LogP contribution is 2.16. The Morgan fingerprint density at radius 2 is 1.89 bits per heavy atom. The summed E-state index contributed by atoms with van der Waals surface area (Å²) in [6, 6.07) is 0. The average Bonchev–Trinajstić information content (AvgIpc) is 2.39. The van der Waals surface area contributed by atoms with Crippen molar-refractivity contribution in [2.24, 2.45) is 5.92 Å². The van der Waals surface area contributed by atoms with E-state index in [2.05, 4.69) is 11.7 Å². The minimum absolute atomic E-state index is 0.0996. The molecule has 4 nitrogen and oxygen atoms in total. The third-order valence-corrected chi connectivity index (χ3v) is 3.26. The molecule has 0 aliphatic rings. The largest absolute Gasteiger partial charge is 0.469 e. The molecule has 0 bridgehead atoms. The molecule has 1 atom stereocenters. The Bertz CT molecular complexity index is 253. The summed E-state index contributed by atoms with van der Waals surface area (Å²) in [7, 11) is 1.37. The van der Waals surface area contributed by atoms with Crippen LogP contribution in [0.3, 0.4) is 0 Å². The second-order valence-corrected chi connectivity index (χ2v) is 4.49. The predicted molar refractivity (Wildman–Crippen MR) is 72.2 cm³/mol. The Morgan fingerprint density at radius 1 is 1.22 bits per heavy atom. The van der Waals surface area contributed by atoms with Crippen LogP contribution >= 0.6 is 0 Å². The van der Waals surface area contributed by atoms with Crippen LogP contribution in [0, 0.1) is 5.92 Å². The Morgan fingerprint density at radius 3 is 2.33 bits per heavy atom. The standard InChI is InChI=1S/C14H27NO3/c1-5-8-9-12(6-2)14(17)15(7-3)11-10-13(16)18-4/h12H,5-11H2,1-4H3. The normalized spacial score (nSPS) is 12.0. The lowest BCUT2D eigenvalue weighted by atomic mass is 9.97. The Kier molecular flexibility index (Phi) is 9.33. The molecule has 0 rings (SSSR count). The quantitative estimate of drug-likeness (QED) is 0.596. The van der Waals surface area contributed by atoms with Crippen LogP contribution in [-0.2, 0) is 14.3 Å². The van der Waals surface area contributed by atoms with Gasteiger partial charge in [-0.15, -0.1) is 0 Å². The van der Waals surface area contributed by atoms with E-state index in [1.807, 2.05) is 13.8 Å². The molecule has 0 N–H and O–H groups in total. The van der Waals surface area contributed by atoms with E-state index in [9.17, 15) is 9.59 Å². The second-order valence-electron chi connectivity index (χ2n) is 4.49. The topological polar surface area (TPSA) is 46.6 Å². The first-order chi connectivity index (χ1) is 8.60. The highest BCUT2D eigenvalue weighted by molar-refractivity contribution is 5.79. The zero-order valence-electron chi connectivity index (χ0n) is 12.2. The molecule has 1 unspecified atom stereocenters. The summed E-state index contributed by atoms with van der Waals surface area (Å²) in [6.45, 7) is 7.24. The van der Waals surface area contributed by atoms with Gasteiger partial charge in [-0.3, -0.25) is 9.59 Å². The lowest BCUT2D eigenvalue weighted by molar-refractivity contribution is -0.142. The number of carbonyl (C=O) groups is 2. The van der Waals surface area contributed by atoms with E-state index in [1.54, 1.807) is 4.90 Å². The first-order valence-electron chi connectivity index (χ1n) is 6.96. The number of amides is 1. The molecule has 0 saturated carbocycles. The van der Waals surface area contributed by atoms with Crippen molar-refractivity contribution in [3.8, 4) is 0 Å². The lowest BCUT2D eigenvalue weighted by Gasteiger charge is -2.25. The van der Waals surface area contributed by atoms with Crippen LogP contribution in [0.25, 0.3) is 0 Å². The van der Waals surface area contributed by atoms with Crippen molar-refractivity contribution in [2.75, 3.05) is 20.2 Å². The van der Waals surface area contributed by atoms with E-state index in [0.717, 1.165) is 25.7 Å². The van der Waals surface area contributed by atoms with Crippen LogP contribution < -0.4 is 0 Å². The summed E-state index contributed by atoms with van der Waals surface area (Å²) in [5, 5.41) is 0. The Hall–Kier alpha value is -1.06. The van der Waals surface area contributed by atoms with E-state index in [4.69, 9.17) is 0 Å². The van der Waals surface area contributed by atoms with Gasteiger partial charge in [-0.25, -0.2) is 0 Å². The predicted octanol–water partition coefficient (Wildman–Crippen LogP) is 2.61. The maximum atomic E-state index is 12.3. The number of ether oxygens (including phenoxy) is 1. The highest BCUT2D eigenvalue weighted by Gasteiger charge is 2.21. The SMILES string of the molecule is CCCCC(CC)C(=O)N(CC)CCC(=O)OC. The van der Waals surface area contributed by atoms with Crippen LogP contribution in [0.15, 0.2) is 0 Å². The number of unbranched alkanes of at least 4 members (excludes halogenated alkanes) is 1. The Labute approximate surface area is 111 Å². The van der Waals surface area contributed by atoms with Crippen molar-refractivity contribution in [3.05, 3.63) is 0 Å². The smallest absolute Gasteiger partial charge is 0.307 e. The molecule has 0 aliphatic carbocycles. The molecule has 0 saturated heterocycles. The summed E-state index contributed by atoms with van der Waals surface area (Å²) < 4.78 is 4.60. The molecule has 0 aliphatic heterocycles. The summed E-state index contributed by atoms with van der Waals surface area (Å²) in [5.41, 5.74) is 0. The summed E-state index contributed by atoms with van der Waals surface area (Å²) in [4.78, 5) is 25.2. The van der Waals surface area contributed by atoms with Gasteiger partial charge in [-0.05, 0) is 19.8 Å². The van der Waals surface area contributed by atoms with Gasteiger partial charge in [0.15, 0.2) is 0 Å². The van der Waals surface area contributed by atoms with Crippen molar-refractivity contribution in [3.63, 3.8) is 0 Å². The van der Waals surface area contributed by atoms with Gasteiger partial charge in [0.05, 0.1) is 13.5 Å². The van der Waals surface area contributed by atoms with E-state index >= 15 is 0 Å². The molecular formula is C14H27NO3. The highest BCUT2D eigenvalue weighted by atomic mass is 16.5. The molecule has 0 radical (unpaired) electrons. The maximum Gasteiger partial charge on any atom is 0.307 e. The molecule has 4 heteroatoms. The maximum absolute atomic E-state index is 12.3. The van der Waals surface area contributed by atoms with Gasteiger partial charge in [-0.2, -0.15) is 0 Å². The fourth-order valence-electron chi connectivity index (χ4n) is 1.96. The average molecular weight is 257 g/mol. The molecule has 0 heterocycles. The summed E-state index contributed by atoms with van der Waals surface area (Å²) >= 11 is 0. The number of esters is 1. The van der Waals surface area contributed by atoms with Crippen molar-refractivity contribution >= 4 is 11.9 Å². The second kappa shape index (κ2) is 9.92. The van der Waals surface area contributed by atoms with Gasteiger partial charge in [-0.1, -0.05) is 26.7 Å². The molecule has 106 valence electrons. The lowest BCUT2D eigenvalue weighted by Crippen LogP contribution is -2.37. The van der Waals surface area contributed by atoms with E-state index in [-0.39, 0.29) is 24.2 Å². The fourth-order valence-corrected chi connectivity index (χ4v) is 1.96. The molecule has 1 amide bonds. The first kappa shape index (κ1) is 16.9. The molecule has 0 aromatic heterocycles. The fraction of sp³-hybridized carbons (Fsp3) is 0.857. The molecular weight excluding hydrogens is 230 g/mol. The third kappa shape index (κ3) is 6.03. The van der Waals surface area contributed by atoms with Gasteiger partial charge in [0.25, 0.3) is 0 Å². The van der Waals surface area contributed by atoms with Crippen LogP contribution in [0.1, 0.15) is 52.9 Å². The third-order valence-electron chi connectivity index (χ3n) is 3.26. The van der Waals surface area contributed by atoms with Crippen LogP contribution in [0.2, 0.25) is 0 Å². The number of nitrogens with zero attached hydrogens (tertiary/aromatic N) is 1. The molecule has 0 aromatic rings. The minimum Gasteiger partial charge on any atom is -0.469 e. The van der Waals surface area contributed by atoms with Crippen molar-refractivity contribution in [1.29, 1.82) is 0 Å². The van der Waals surface area contributed by atoms with Gasteiger partial charge in [0.1, 0.15) is 0 Å². The van der Waals surface area contributed by atoms with Gasteiger partial charge in [0.2, 0.25) is 5.91 Å². The zero-order chi connectivity index (χ0) is 14.0.